The van der Waals surface area contributed by atoms with Crippen molar-refractivity contribution in [1.82, 2.24) is 10.2 Å². The number of hydrogen-bond donors (Lipinski definition) is 1. The van der Waals surface area contributed by atoms with Crippen molar-refractivity contribution < 1.29 is 0 Å². The molecule has 1 rings (SSSR count). The van der Waals surface area contributed by atoms with Crippen LogP contribution in [0.25, 0.3) is 0 Å². The highest BCUT2D eigenvalue weighted by Crippen LogP contribution is 2.28. The first kappa shape index (κ1) is 18.2. The van der Waals surface area contributed by atoms with Crippen LogP contribution in [0.5, 0.6) is 0 Å². The molecule has 0 spiro atoms. The summed E-state index contributed by atoms with van der Waals surface area (Å²) in [4.78, 5) is 2.49. The molecule has 1 aromatic carbocycles. The summed E-state index contributed by atoms with van der Waals surface area (Å²) in [5.41, 5.74) is 3.06. The Morgan fingerprint density at radius 1 is 1.10 bits per heavy atom. The van der Waals surface area contributed by atoms with E-state index in [1.54, 1.807) is 0 Å². The minimum atomic E-state index is 0.285. The molecule has 0 amide bonds. The number of nitrogens with one attached hydrogen (secondary N) is 1. The lowest BCUT2D eigenvalue weighted by atomic mass is 9.85. The first-order chi connectivity index (χ1) is 9.72. The van der Waals surface area contributed by atoms with Crippen molar-refractivity contribution >= 4 is 0 Å². The monoisotopic (exact) mass is 290 g/mol. The van der Waals surface area contributed by atoms with Crippen molar-refractivity contribution in [1.29, 1.82) is 0 Å². The predicted molar refractivity (Wildman–Crippen MR) is 93.8 cm³/mol. The van der Waals surface area contributed by atoms with Crippen LogP contribution in [0.4, 0.5) is 0 Å². The van der Waals surface area contributed by atoms with Gasteiger partial charge in [-0.25, -0.2) is 0 Å². The second-order valence-corrected chi connectivity index (χ2v) is 7.31. The van der Waals surface area contributed by atoms with E-state index in [4.69, 9.17) is 0 Å². The van der Waals surface area contributed by atoms with E-state index >= 15 is 0 Å². The number of aryl methyl sites for hydroxylation is 1. The number of benzene rings is 1. The molecule has 0 aliphatic heterocycles. The van der Waals surface area contributed by atoms with Crippen molar-refractivity contribution in [2.24, 2.45) is 5.41 Å². The quantitative estimate of drug-likeness (QED) is 0.842. The predicted octanol–water partition coefficient (Wildman–Crippen LogP) is 4.26. The van der Waals surface area contributed by atoms with E-state index in [9.17, 15) is 0 Å². The Morgan fingerprint density at radius 2 is 1.62 bits per heavy atom. The molecule has 0 fully saturated rings. The number of hydrogen-bond acceptors (Lipinski definition) is 2. The van der Waals surface area contributed by atoms with E-state index < -0.39 is 0 Å². The Morgan fingerprint density at radius 3 is 2.00 bits per heavy atom. The second kappa shape index (κ2) is 7.42. The largest absolute Gasteiger partial charge is 0.312 e. The fraction of sp³-hybridized carbons (Fsp3) is 0.684. The molecular formula is C19H34N2. The highest BCUT2D eigenvalue weighted by Gasteiger charge is 2.30. The fourth-order valence-corrected chi connectivity index (χ4v) is 2.85. The van der Waals surface area contributed by atoms with Gasteiger partial charge in [0.25, 0.3) is 0 Å². The summed E-state index contributed by atoms with van der Waals surface area (Å²) in [6.45, 7) is 13.8. The van der Waals surface area contributed by atoms with Crippen LogP contribution in [-0.2, 0) is 6.42 Å². The van der Waals surface area contributed by atoms with Gasteiger partial charge >= 0.3 is 0 Å². The fourth-order valence-electron chi connectivity index (χ4n) is 2.85. The smallest absolute Gasteiger partial charge is 0.0473 e. The van der Waals surface area contributed by atoms with Crippen molar-refractivity contribution in [2.45, 2.75) is 66.1 Å². The summed E-state index contributed by atoms with van der Waals surface area (Å²) in [5, 5.41) is 3.50. The van der Waals surface area contributed by atoms with E-state index in [0.29, 0.717) is 18.1 Å². The third kappa shape index (κ3) is 4.55. The standard InChI is InChI=1S/C19H34N2/c1-9-16-10-12-17(13-11-16)18(20-7)14(2)21(8)15(3)19(4,5)6/h10-15,18,20H,9H2,1-8H3. The molecule has 0 aliphatic rings. The molecule has 0 saturated carbocycles. The molecule has 0 saturated heterocycles. The maximum absolute atomic E-state index is 3.50. The summed E-state index contributed by atoms with van der Waals surface area (Å²) in [5.74, 6) is 0. The first-order valence-electron chi connectivity index (χ1n) is 8.20. The lowest BCUT2D eigenvalue weighted by molar-refractivity contribution is 0.0867. The summed E-state index contributed by atoms with van der Waals surface area (Å²) < 4.78 is 0. The molecule has 2 nitrogen and oxygen atoms in total. The highest BCUT2D eigenvalue weighted by atomic mass is 15.2. The topological polar surface area (TPSA) is 15.3 Å². The van der Waals surface area contributed by atoms with Gasteiger partial charge in [0.15, 0.2) is 0 Å². The van der Waals surface area contributed by atoms with Crippen LogP contribution in [0.15, 0.2) is 24.3 Å². The Hall–Kier alpha value is -0.860. The van der Waals surface area contributed by atoms with Crippen LogP contribution < -0.4 is 5.32 Å². The Balaban J connectivity index is 2.92. The van der Waals surface area contributed by atoms with Gasteiger partial charge in [0.05, 0.1) is 0 Å². The molecule has 1 N–H and O–H groups in total. The third-order valence-electron chi connectivity index (χ3n) is 5.05. The van der Waals surface area contributed by atoms with Gasteiger partial charge in [-0.15, -0.1) is 0 Å². The molecule has 3 unspecified atom stereocenters. The summed E-state index contributed by atoms with van der Waals surface area (Å²) in [6, 6.07) is 10.4. The van der Waals surface area contributed by atoms with Crippen molar-refractivity contribution in [3.05, 3.63) is 35.4 Å². The molecule has 0 aromatic heterocycles. The second-order valence-electron chi connectivity index (χ2n) is 7.31. The normalized spacial score (nSPS) is 16.8. The SMILES string of the molecule is CCc1ccc(C(NC)C(C)N(C)C(C)C(C)(C)C)cc1. The Bertz CT molecular complexity index is 416. The Kier molecular flexibility index (Phi) is 6.42. The van der Waals surface area contributed by atoms with Crippen LogP contribution in [-0.4, -0.2) is 31.1 Å². The zero-order valence-electron chi connectivity index (χ0n) is 15.2. The number of nitrogens with zero attached hydrogens (tertiary/aromatic N) is 1. The molecule has 21 heavy (non-hydrogen) atoms. The molecular weight excluding hydrogens is 256 g/mol. The van der Waals surface area contributed by atoms with Gasteiger partial charge in [0.2, 0.25) is 0 Å². The molecule has 1 aromatic rings. The van der Waals surface area contributed by atoms with Gasteiger partial charge < -0.3 is 5.32 Å². The van der Waals surface area contributed by atoms with Crippen molar-refractivity contribution in [2.75, 3.05) is 14.1 Å². The molecule has 0 heterocycles. The maximum Gasteiger partial charge on any atom is 0.0473 e. The average molecular weight is 290 g/mol. The number of likely N-dealkylation sites (N-methyl/N-ethyl adjacent to an activating group) is 2. The van der Waals surface area contributed by atoms with Gasteiger partial charge in [0.1, 0.15) is 0 Å². The molecule has 120 valence electrons. The minimum absolute atomic E-state index is 0.285. The van der Waals surface area contributed by atoms with E-state index in [-0.39, 0.29) is 5.41 Å². The lowest BCUT2D eigenvalue weighted by Gasteiger charge is -2.42. The van der Waals surface area contributed by atoms with E-state index in [2.05, 4.69) is 90.1 Å². The maximum atomic E-state index is 3.50. The molecule has 2 heteroatoms. The van der Waals surface area contributed by atoms with Crippen LogP contribution in [0.1, 0.15) is 58.7 Å². The highest BCUT2D eigenvalue weighted by molar-refractivity contribution is 5.26. The summed E-state index contributed by atoms with van der Waals surface area (Å²) in [6.07, 6.45) is 1.10. The van der Waals surface area contributed by atoms with Gasteiger partial charge in [-0.2, -0.15) is 0 Å². The summed E-state index contributed by atoms with van der Waals surface area (Å²) in [7, 11) is 4.30. The molecule has 0 bridgehead atoms. The van der Waals surface area contributed by atoms with Crippen molar-refractivity contribution in [3.63, 3.8) is 0 Å². The zero-order valence-corrected chi connectivity index (χ0v) is 15.2. The van der Waals surface area contributed by atoms with Crippen LogP contribution in [0.2, 0.25) is 0 Å². The van der Waals surface area contributed by atoms with E-state index in [0.717, 1.165) is 6.42 Å². The molecule has 0 radical (unpaired) electrons. The van der Waals surface area contributed by atoms with Gasteiger partial charge in [-0.05, 0) is 50.9 Å². The zero-order chi connectivity index (χ0) is 16.2. The number of rotatable bonds is 6. The van der Waals surface area contributed by atoms with Crippen LogP contribution in [0.3, 0.4) is 0 Å². The lowest BCUT2D eigenvalue weighted by Crippen LogP contribution is -2.48. The molecule has 0 aliphatic carbocycles. The van der Waals surface area contributed by atoms with Gasteiger partial charge in [-0.3, -0.25) is 4.90 Å². The first-order valence-corrected chi connectivity index (χ1v) is 8.20. The van der Waals surface area contributed by atoms with Crippen molar-refractivity contribution in [3.8, 4) is 0 Å². The van der Waals surface area contributed by atoms with E-state index in [1.165, 1.54) is 11.1 Å². The van der Waals surface area contributed by atoms with Gasteiger partial charge in [-0.1, -0.05) is 52.0 Å². The van der Waals surface area contributed by atoms with Gasteiger partial charge in [0, 0.05) is 18.1 Å². The average Bonchev–Trinajstić information content (AvgIpc) is 2.46. The van der Waals surface area contributed by atoms with E-state index in [1.807, 2.05) is 0 Å². The Labute approximate surface area is 131 Å². The van der Waals surface area contributed by atoms with Crippen LogP contribution in [0, 0.1) is 5.41 Å². The third-order valence-corrected chi connectivity index (χ3v) is 5.05. The summed E-state index contributed by atoms with van der Waals surface area (Å²) >= 11 is 0. The minimum Gasteiger partial charge on any atom is -0.312 e. The van der Waals surface area contributed by atoms with Crippen LogP contribution >= 0.6 is 0 Å². The molecule has 3 atom stereocenters.